The van der Waals surface area contributed by atoms with E-state index in [0.717, 1.165) is 18.1 Å². The van der Waals surface area contributed by atoms with Gasteiger partial charge in [-0.15, -0.1) is 24.0 Å². The highest BCUT2D eigenvalue weighted by atomic mass is 127. The molecule has 0 atom stereocenters. The Kier molecular flexibility index (Phi) is 10.0. The van der Waals surface area contributed by atoms with Gasteiger partial charge in [0, 0.05) is 20.1 Å². The number of nitrogens with zero attached hydrogens (tertiary/aromatic N) is 1. The Balaban J connectivity index is 0.00000364. The van der Waals surface area contributed by atoms with E-state index >= 15 is 0 Å². The van der Waals surface area contributed by atoms with Gasteiger partial charge in [-0.3, -0.25) is 4.99 Å². The Bertz CT molecular complexity index is 588. The molecular weight excluding hydrogens is 457 g/mol. The average Bonchev–Trinajstić information content (AvgIpc) is 2.64. The van der Waals surface area contributed by atoms with E-state index in [1.54, 1.807) is 21.3 Å². The molecule has 0 radical (unpaired) electrons. The van der Waals surface area contributed by atoms with Crippen molar-refractivity contribution in [3.63, 3.8) is 0 Å². The Morgan fingerprint density at radius 1 is 1.11 bits per heavy atom. The van der Waals surface area contributed by atoms with Crippen LogP contribution in [0.15, 0.2) is 17.1 Å². The van der Waals surface area contributed by atoms with Gasteiger partial charge in [0.1, 0.15) is 0 Å². The van der Waals surface area contributed by atoms with Gasteiger partial charge in [-0.25, -0.2) is 0 Å². The second-order valence-corrected chi connectivity index (χ2v) is 6.75. The van der Waals surface area contributed by atoms with E-state index < -0.39 is 0 Å². The number of halogens is 1. The van der Waals surface area contributed by atoms with Gasteiger partial charge in [-0.05, 0) is 49.3 Å². The lowest BCUT2D eigenvalue weighted by molar-refractivity contribution is 0.131. The van der Waals surface area contributed by atoms with Crippen LogP contribution in [-0.2, 0) is 6.54 Å². The third-order valence-corrected chi connectivity index (χ3v) is 5.29. The number of ether oxygens (including phenoxy) is 3. The summed E-state index contributed by atoms with van der Waals surface area (Å²) < 4.78 is 16.6. The molecule has 27 heavy (non-hydrogen) atoms. The van der Waals surface area contributed by atoms with E-state index in [4.69, 9.17) is 14.2 Å². The summed E-state index contributed by atoms with van der Waals surface area (Å²) in [6, 6.07) is 3.93. The summed E-state index contributed by atoms with van der Waals surface area (Å²) in [4.78, 5) is 4.34. The summed E-state index contributed by atoms with van der Waals surface area (Å²) in [6.07, 6.45) is 5.17. The second-order valence-electron chi connectivity index (χ2n) is 6.75. The van der Waals surface area contributed by atoms with E-state index in [1.807, 2.05) is 19.1 Å². The van der Waals surface area contributed by atoms with Crippen molar-refractivity contribution in [2.75, 3.05) is 34.4 Å². The van der Waals surface area contributed by atoms with Crippen LogP contribution in [0.25, 0.3) is 0 Å². The maximum absolute atomic E-state index is 5.65. The van der Waals surface area contributed by atoms with Crippen molar-refractivity contribution < 1.29 is 14.2 Å². The number of hydrogen-bond donors (Lipinski definition) is 2. The van der Waals surface area contributed by atoms with Gasteiger partial charge in [-0.2, -0.15) is 0 Å². The van der Waals surface area contributed by atoms with Crippen LogP contribution in [0, 0.1) is 5.41 Å². The van der Waals surface area contributed by atoms with Crippen LogP contribution in [0.1, 0.15) is 45.1 Å². The highest BCUT2D eigenvalue weighted by Crippen LogP contribution is 2.43. The Morgan fingerprint density at radius 2 is 1.74 bits per heavy atom. The molecule has 1 aromatic carbocycles. The summed E-state index contributed by atoms with van der Waals surface area (Å²) in [5, 5.41) is 6.85. The van der Waals surface area contributed by atoms with Crippen molar-refractivity contribution in [1.29, 1.82) is 0 Å². The molecule has 0 spiro atoms. The number of hydrogen-bond acceptors (Lipinski definition) is 4. The molecule has 1 fully saturated rings. The molecule has 0 heterocycles. The quantitative estimate of drug-likeness (QED) is 0.311. The minimum absolute atomic E-state index is 0. The van der Waals surface area contributed by atoms with Gasteiger partial charge in [0.2, 0.25) is 5.75 Å². The fourth-order valence-electron chi connectivity index (χ4n) is 3.33. The van der Waals surface area contributed by atoms with Crippen LogP contribution in [-0.4, -0.2) is 40.4 Å². The molecule has 1 aromatic rings. The Labute approximate surface area is 180 Å². The van der Waals surface area contributed by atoms with Gasteiger partial charge >= 0.3 is 0 Å². The molecule has 0 unspecified atom stereocenters. The summed E-state index contributed by atoms with van der Waals surface area (Å²) in [5.41, 5.74) is 1.49. The molecule has 0 saturated heterocycles. The molecular formula is C20H34IN3O3. The zero-order chi connectivity index (χ0) is 19.0. The predicted molar refractivity (Wildman–Crippen MR) is 121 cm³/mol. The fourth-order valence-corrected chi connectivity index (χ4v) is 3.33. The van der Waals surface area contributed by atoms with Crippen molar-refractivity contribution in [3.8, 4) is 17.2 Å². The monoisotopic (exact) mass is 491 g/mol. The first-order valence-electron chi connectivity index (χ1n) is 9.43. The van der Waals surface area contributed by atoms with Crippen LogP contribution in [0.3, 0.4) is 0 Å². The smallest absolute Gasteiger partial charge is 0.203 e. The van der Waals surface area contributed by atoms with E-state index in [1.165, 1.54) is 25.7 Å². The molecule has 1 aliphatic rings. The van der Waals surface area contributed by atoms with Crippen molar-refractivity contribution in [2.24, 2.45) is 10.4 Å². The normalized spacial score (nSPS) is 15.2. The summed E-state index contributed by atoms with van der Waals surface area (Å²) in [7, 11) is 5.07. The van der Waals surface area contributed by atoms with Gasteiger partial charge in [0.05, 0.1) is 20.8 Å². The van der Waals surface area contributed by atoms with Crippen LogP contribution in [0.5, 0.6) is 17.2 Å². The zero-order valence-corrected chi connectivity index (χ0v) is 19.5. The van der Waals surface area contributed by atoms with Crippen molar-refractivity contribution >= 4 is 29.9 Å². The van der Waals surface area contributed by atoms with Gasteiger partial charge in [-0.1, -0.05) is 13.3 Å². The van der Waals surface area contributed by atoms with Crippen molar-refractivity contribution in [3.05, 3.63) is 17.7 Å². The standard InChI is InChI=1S/C20H33N3O3.HI/c1-6-20(9-8-10-20)14-23-19(21-3)22-13-15-11-16(24-4)18(26-7-2)17(12-15)25-5;/h11-12H,6-10,13-14H2,1-5H3,(H2,21,22,23);1H. The molecule has 0 amide bonds. The molecule has 0 aliphatic heterocycles. The Morgan fingerprint density at radius 3 is 2.15 bits per heavy atom. The largest absolute Gasteiger partial charge is 0.493 e. The van der Waals surface area contributed by atoms with E-state index in [9.17, 15) is 0 Å². The number of guanidine groups is 1. The highest BCUT2D eigenvalue weighted by Gasteiger charge is 2.34. The van der Waals surface area contributed by atoms with Crippen LogP contribution in [0.4, 0.5) is 0 Å². The molecule has 0 aromatic heterocycles. The number of benzene rings is 1. The first-order valence-corrected chi connectivity index (χ1v) is 9.43. The van der Waals surface area contributed by atoms with E-state index in [0.29, 0.717) is 35.8 Å². The first kappa shape index (κ1) is 23.7. The minimum Gasteiger partial charge on any atom is -0.493 e. The van der Waals surface area contributed by atoms with Crippen LogP contribution < -0.4 is 24.8 Å². The highest BCUT2D eigenvalue weighted by molar-refractivity contribution is 14.0. The lowest BCUT2D eigenvalue weighted by Gasteiger charge is -2.41. The summed E-state index contributed by atoms with van der Waals surface area (Å²) in [6.45, 7) is 6.36. The number of nitrogens with one attached hydrogen (secondary N) is 2. The topological polar surface area (TPSA) is 64.1 Å². The molecule has 2 rings (SSSR count). The predicted octanol–water partition coefficient (Wildman–Crippen LogP) is 3.97. The molecule has 1 aliphatic carbocycles. The van der Waals surface area contributed by atoms with Gasteiger partial charge < -0.3 is 24.8 Å². The van der Waals surface area contributed by atoms with Gasteiger partial charge in [0.15, 0.2) is 17.5 Å². The van der Waals surface area contributed by atoms with Crippen molar-refractivity contribution in [1.82, 2.24) is 10.6 Å². The number of aliphatic imine (C=N–C) groups is 1. The van der Waals surface area contributed by atoms with Gasteiger partial charge in [0.25, 0.3) is 0 Å². The minimum atomic E-state index is 0. The first-order chi connectivity index (χ1) is 12.6. The third kappa shape index (κ3) is 6.05. The Hall–Kier alpha value is -1.38. The number of methoxy groups -OCH3 is 2. The van der Waals surface area contributed by atoms with Crippen LogP contribution in [0.2, 0.25) is 0 Å². The molecule has 0 bridgehead atoms. The molecule has 1 saturated carbocycles. The SMILES string of the molecule is CCOc1c(OC)cc(CNC(=NC)NCC2(CC)CCC2)cc1OC.I. The van der Waals surface area contributed by atoms with E-state index in [2.05, 4.69) is 22.5 Å². The lowest BCUT2D eigenvalue weighted by Crippen LogP contribution is -2.46. The lowest BCUT2D eigenvalue weighted by atomic mass is 9.67. The molecule has 2 N–H and O–H groups in total. The molecule has 6 nitrogen and oxygen atoms in total. The summed E-state index contributed by atoms with van der Waals surface area (Å²) >= 11 is 0. The van der Waals surface area contributed by atoms with E-state index in [-0.39, 0.29) is 24.0 Å². The number of rotatable bonds is 9. The van der Waals surface area contributed by atoms with Crippen molar-refractivity contribution in [2.45, 2.75) is 46.1 Å². The van der Waals surface area contributed by atoms with Crippen LogP contribution >= 0.6 is 24.0 Å². The fraction of sp³-hybridized carbons (Fsp3) is 0.650. The average molecular weight is 491 g/mol. The maximum Gasteiger partial charge on any atom is 0.203 e. The zero-order valence-electron chi connectivity index (χ0n) is 17.2. The second kappa shape index (κ2) is 11.5. The summed E-state index contributed by atoms with van der Waals surface area (Å²) in [5.74, 6) is 2.80. The molecule has 7 heteroatoms. The third-order valence-electron chi connectivity index (χ3n) is 5.29. The molecule has 154 valence electrons. The maximum atomic E-state index is 5.65.